The highest BCUT2D eigenvalue weighted by Gasteiger charge is 2.29. The summed E-state index contributed by atoms with van der Waals surface area (Å²) in [6.45, 7) is 2.15. The van der Waals surface area contributed by atoms with E-state index in [2.05, 4.69) is 10.1 Å². The molecule has 0 N–H and O–H groups in total. The first-order valence-electron chi connectivity index (χ1n) is 6.85. The fourth-order valence-electron chi connectivity index (χ4n) is 1.95. The van der Waals surface area contributed by atoms with Crippen molar-refractivity contribution in [1.29, 1.82) is 0 Å². The minimum atomic E-state index is -0.473. The highest BCUT2D eigenvalue weighted by Crippen LogP contribution is 2.30. The van der Waals surface area contributed by atoms with Crippen molar-refractivity contribution in [1.82, 2.24) is 15.0 Å². The molecule has 120 valence electrons. The maximum atomic E-state index is 12.0. The average Bonchev–Trinajstić information content (AvgIpc) is 3.24. The summed E-state index contributed by atoms with van der Waals surface area (Å²) < 4.78 is 10.1. The van der Waals surface area contributed by atoms with Crippen LogP contribution in [0.5, 0.6) is 0 Å². The van der Waals surface area contributed by atoms with Crippen molar-refractivity contribution in [2.75, 3.05) is 12.4 Å². The SMILES string of the molecule is CCOC(=O)/C=C1\SCC(=O)N1Cc1nc(-c2cccs2)no1. The van der Waals surface area contributed by atoms with Gasteiger partial charge in [0, 0.05) is 0 Å². The van der Waals surface area contributed by atoms with Crippen LogP contribution in [0.4, 0.5) is 0 Å². The van der Waals surface area contributed by atoms with E-state index < -0.39 is 5.97 Å². The fraction of sp³-hybridized carbons (Fsp3) is 0.286. The number of hydrogen-bond donors (Lipinski definition) is 0. The second-order valence-electron chi connectivity index (χ2n) is 4.49. The molecule has 0 unspecified atom stereocenters. The van der Waals surface area contributed by atoms with Gasteiger partial charge in [0.05, 0.1) is 28.3 Å². The summed E-state index contributed by atoms with van der Waals surface area (Å²) in [5, 5.41) is 6.36. The molecule has 1 aliphatic rings. The number of thiophene rings is 1. The average molecular weight is 351 g/mol. The van der Waals surface area contributed by atoms with Crippen LogP contribution >= 0.6 is 23.1 Å². The summed E-state index contributed by atoms with van der Waals surface area (Å²) in [6.07, 6.45) is 1.32. The van der Waals surface area contributed by atoms with Crippen LogP contribution in [0.15, 0.2) is 33.1 Å². The lowest BCUT2D eigenvalue weighted by atomic mass is 10.4. The number of rotatable bonds is 5. The number of esters is 1. The van der Waals surface area contributed by atoms with E-state index in [-0.39, 0.29) is 24.8 Å². The maximum absolute atomic E-state index is 12.0. The molecular weight excluding hydrogens is 338 g/mol. The third-order valence-electron chi connectivity index (χ3n) is 2.94. The Hall–Kier alpha value is -2.13. The Labute approximate surface area is 140 Å². The quantitative estimate of drug-likeness (QED) is 0.603. The Bertz CT molecular complexity index is 739. The number of carbonyl (C=O) groups is 2. The second kappa shape index (κ2) is 6.97. The Morgan fingerprint density at radius 3 is 3.17 bits per heavy atom. The Morgan fingerprint density at radius 1 is 1.57 bits per heavy atom. The third-order valence-corrected chi connectivity index (χ3v) is 4.83. The summed E-state index contributed by atoms with van der Waals surface area (Å²) in [7, 11) is 0. The molecule has 2 aromatic rings. The van der Waals surface area contributed by atoms with Gasteiger partial charge in [-0.3, -0.25) is 9.69 Å². The van der Waals surface area contributed by atoms with E-state index in [9.17, 15) is 9.59 Å². The summed E-state index contributed by atoms with van der Waals surface area (Å²) in [5.41, 5.74) is 0. The van der Waals surface area contributed by atoms with E-state index in [4.69, 9.17) is 9.26 Å². The molecule has 0 radical (unpaired) electrons. The van der Waals surface area contributed by atoms with E-state index in [1.54, 1.807) is 6.92 Å². The molecule has 9 heteroatoms. The minimum absolute atomic E-state index is 0.110. The number of nitrogens with zero attached hydrogens (tertiary/aromatic N) is 3. The molecule has 0 bridgehead atoms. The van der Waals surface area contributed by atoms with Gasteiger partial charge in [0.15, 0.2) is 0 Å². The molecule has 3 heterocycles. The molecule has 1 fully saturated rings. The first-order valence-corrected chi connectivity index (χ1v) is 8.72. The molecule has 0 aromatic carbocycles. The van der Waals surface area contributed by atoms with Crippen LogP contribution < -0.4 is 0 Å². The monoisotopic (exact) mass is 351 g/mol. The Morgan fingerprint density at radius 2 is 2.43 bits per heavy atom. The van der Waals surface area contributed by atoms with Crippen LogP contribution in [0.2, 0.25) is 0 Å². The number of carbonyl (C=O) groups excluding carboxylic acids is 2. The number of hydrogen-bond acceptors (Lipinski definition) is 8. The number of amides is 1. The Balaban J connectivity index is 1.75. The van der Waals surface area contributed by atoms with Gasteiger partial charge >= 0.3 is 5.97 Å². The smallest absolute Gasteiger partial charge is 0.333 e. The van der Waals surface area contributed by atoms with Crippen LogP contribution in [0.1, 0.15) is 12.8 Å². The lowest BCUT2D eigenvalue weighted by Crippen LogP contribution is -2.24. The topological polar surface area (TPSA) is 85.5 Å². The number of ether oxygens (including phenoxy) is 1. The van der Waals surface area contributed by atoms with Crippen molar-refractivity contribution in [3.63, 3.8) is 0 Å². The lowest BCUT2D eigenvalue weighted by molar-refractivity contribution is -0.137. The third kappa shape index (κ3) is 3.62. The molecule has 0 saturated carbocycles. The van der Waals surface area contributed by atoms with Crippen molar-refractivity contribution in [2.24, 2.45) is 0 Å². The number of thioether (sulfide) groups is 1. The van der Waals surface area contributed by atoms with E-state index in [1.165, 1.54) is 34.1 Å². The van der Waals surface area contributed by atoms with Crippen molar-refractivity contribution >= 4 is 35.0 Å². The van der Waals surface area contributed by atoms with Crippen LogP contribution in [0.3, 0.4) is 0 Å². The molecule has 1 saturated heterocycles. The highest BCUT2D eigenvalue weighted by atomic mass is 32.2. The fourth-order valence-corrected chi connectivity index (χ4v) is 3.52. The molecule has 1 amide bonds. The van der Waals surface area contributed by atoms with Crippen LogP contribution in [0.25, 0.3) is 10.7 Å². The second-order valence-corrected chi connectivity index (χ2v) is 6.44. The molecule has 0 atom stereocenters. The number of aromatic nitrogens is 2. The minimum Gasteiger partial charge on any atom is -0.463 e. The van der Waals surface area contributed by atoms with E-state index in [1.807, 2.05) is 17.5 Å². The van der Waals surface area contributed by atoms with Crippen molar-refractivity contribution < 1.29 is 18.8 Å². The lowest BCUT2D eigenvalue weighted by Gasteiger charge is -2.13. The van der Waals surface area contributed by atoms with E-state index in [0.29, 0.717) is 16.7 Å². The zero-order chi connectivity index (χ0) is 16.2. The van der Waals surface area contributed by atoms with Crippen molar-refractivity contribution in [3.8, 4) is 10.7 Å². The summed E-state index contributed by atoms with van der Waals surface area (Å²) in [5.74, 6) is 0.502. The molecule has 0 aliphatic carbocycles. The molecule has 3 rings (SSSR count). The molecule has 1 aliphatic heterocycles. The van der Waals surface area contributed by atoms with Crippen LogP contribution in [0, 0.1) is 0 Å². The van der Waals surface area contributed by atoms with E-state index in [0.717, 1.165) is 4.88 Å². The predicted molar refractivity (Wildman–Crippen MR) is 85.3 cm³/mol. The molecule has 23 heavy (non-hydrogen) atoms. The summed E-state index contributed by atoms with van der Waals surface area (Å²) >= 11 is 2.79. The zero-order valence-corrected chi connectivity index (χ0v) is 13.9. The van der Waals surface area contributed by atoms with Gasteiger partial charge in [-0.2, -0.15) is 4.98 Å². The predicted octanol–water partition coefficient (Wildman–Crippen LogP) is 2.28. The first-order chi connectivity index (χ1) is 11.2. The van der Waals surface area contributed by atoms with Crippen LogP contribution in [-0.4, -0.2) is 39.3 Å². The molecule has 7 nitrogen and oxygen atoms in total. The van der Waals surface area contributed by atoms with Gasteiger partial charge in [0.1, 0.15) is 6.54 Å². The summed E-state index contributed by atoms with van der Waals surface area (Å²) in [6, 6.07) is 3.79. The Kier molecular flexibility index (Phi) is 4.77. The molecule has 0 spiro atoms. The van der Waals surface area contributed by atoms with Crippen molar-refractivity contribution in [3.05, 3.63) is 34.5 Å². The molecule has 2 aromatic heterocycles. The highest BCUT2D eigenvalue weighted by molar-refractivity contribution is 8.04. The van der Waals surface area contributed by atoms with Gasteiger partial charge in [-0.25, -0.2) is 4.79 Å². The van der Waals surface area contributed by atoms with Gasteiger partial charge in [-0.15, -0.1) is 11.3 Å². The normalized spacial score (nSPS) is 16.3. The molecular formula is C14H13N3O4S2. The van der Waals surface area contributed by atoms with Gasteiger partial charge in [-0.1, -0.05) is 23.0 Å². The summed E-state index contributed by atoms with van der Waals surface area (Å²) in [4.78, 5) is 30.2. The zero-order valence-electron chi connectivity index (χ0n) is 12.2. The van der Waals surface area contributed by atoms with Crippen LogP contribution in [-0.2, 0) is 20.9 Å². The van der Waals surface area contributed by atoms with Gasteiger partial charge < -0.3 is 9.26 Å². The largest absolute Gasteiger partial charge is 0.463 e. The first kappa shape index (κ1) is 15.8. The van der Waals surface area contributed by atoms with Gasteiger partial charge in [0.25, 0.3) is 0 Å². The van der Waals surface area contributed by atoms with E-state index >= 15 is 0 Å². The van der Waals surface area contributed by atoms with Crippen molar-refractivity contribution in [2.45, 2.75) is 13.5 Å². The standard InChI is InChI=1S/C14H13N3O4S2/c1-2-20-13(19)6-12-17(11(18)8-23-12)7-10-15-14(16-21-10)9-4-3-5-22-9/h3-6H,2,7-8H2,1H3/b12-6-. The van der Waals surface area contributed by atoms with Gasteiger partial charge in [0.2, 0.25) is 17.6 Å². The maximum Gasteiger partial charge on any atom is 0.333 e. The van der Waals surface area contributed by atoms with Gasteiger partial charge in [-0.05, 0) is 18.4 Å².